The van der Waals surface area contributed by atoms with Crippen LogP contribution in [0.25, 0.3) is 0 Å². The SMILES string of the molecule is Cc1ccc(NCc2ccc(Br)cc2)cc1N(C)C. The lowest BCUT2D eigenvalue weighted by Gasteiger charge is -2.17. The highest BCUT2D eigenvalue weighted by molar-refractivity contribution is 9.10. The van der Waals surface area contributed by atoms with Crippen molar-refractivity contribution in [2.24, 2.45) is 0 Å². The van der Waals surface area contributed by atoms with Crippen LogP contribution in [0.5, 0.6) is 0 Å². The van der Waals surface area contributed by atoms with Gasteiger partial charge in [0.2, 0.25) is 0 Å². The van der Waals surface area contributed by atoms with E-state index in [1.807, 2.05) is 0 Å². The van der Waals surface area contributed by atoms with E-state index in [9.17, 15) is 0 Å². The molecule has 0 spiro atoms. The van der Waals surface area contributed by atoms with E-state index in [0.717, 1.165) is 16.7 Å². The van der Waals surface area contributed by atoms with Crippen molar-refractivity contribution in [2.45, 2.75) is 13.5 Å². The van der Waals surface area contributed by atoms with Gasteiger partial charge in [0.25, 0.3) is 0 Å². The molecule has 0 aliphatic rings. The molecule has 2 aromatic carbocycles. The van der Waals surface area contributed by atoms with Crippen LogP contribution in [0.3, 0.4) is 0 Å². The molecule has 0 radical (unpaired) electrons. The second-order valence-electron chi connectivity index (χ2n) is 4.88. The number of aryl methyl sites for hydroxylation is 1. The van der Waals surface area contributed by atoms with Crippen LogP contribution in [-0.4, -0.2) is 14.1 Å². The van der Waals surface area contributed by atoms with Crippen molar-refractivity contribution in [1.82, 2.24) is 0 Å². The zero-order valence-electron chi connectivity index (χ0n) is 11.6. The van der Waals surface area contributed by atoms with Gasteiger partial charge < -0.3 is 10.2 Å². The molecule has 0 saturated carbocycles. The van der Waals surface area contributed by atoms with Gasteiger partial charge in [-0.1, -0.05) is 34.1 Å². The molecule has 2 rings (SSSR count). The molecule has 19 heavy (non-hydrogen) atoms. The van der Waals surface area contributed by atoms with Crippen molar-refractivity contribution in [3.8, 4) is 0 Å². The van der Waals surface area contributed by atoms with Gasteiger partial charge >= 0.3 is 0 Å². The van der Waals surface area contributed by atoms with Crippen LogP contribution in [0.2, 0.25) is 0 Å². The first kappa shape index (κ1) is 13.9. The topological polar surface area (TPSA) is 15.3 Å². The molecule has 2 aromatic rings. The summed E-state index contributed by atoms with van der Waals surface area (Å²) in [7, 11) is 4.14. The zero-order chi connectivity index (χ0) is 13.8. The van der Waals surface area contributed by atoms with Gasteiger partial charge in [0.15, 0.2) is 0 Å². The number of hydrogen-bond donors (Lipinski definition) is 1. The van der Waals surface area contributed by atoms with Gasteiger partial charge in [0, 0.05) is 36.5 Å². The second kappa shape index (κ2) is 6.11. The Hall–Kier alpha value is -1.48. The number of nitrogens with zero attached hydrogens (tertiary/aromatic N) is 1. The smallest absolute Gasteiger partial charge is 0.0411 e. The number of benzene rings is 2. The van der Waals surface area contributed by atoms with Crippen LogP contribution in [0.15, 0.2) is 46.9 Å². The van der Waals surface area contributed by atoms with E-state index in [2.05, 4.69) is 89.6 Å². The van der Waals surface area contributed by atoms with Gasteiger partial charge in [0.05, 0.1) is 0 Å². The van der Waals surface area contributed by atoms with Gasteiger partial charge in [-0.05, 0) is 42.3 Å². The Balaban J connectivity index is 2.07. The average Bonchev–Trinajstić information content (AvgIpc) is 2.39. The Kier molecular flexibility index (Phi) is 4.48. The molecule has 0 aromatic heterocycles. The van der Waals surface area contributed by atoms with E-state index >= 15 is 0 Å². The molecule has 0 amide bonds. The molecule has 0 heterocycles. The Labute approximate surface area is 123 Å². The minimum Gasteiger partial charge on any atom is -0.381 e. The highest BCUT2D eigenvalue weighted by atomic mass is 79.9. The van der Waals surface area contributed by atoms with Crippen LogP contribution in [0, 0.1) is 6.92 Å². The molecule has 3 heteroatoms. The summed E-state index contributed by atoms with van der Waals surface area (Å²) in [6, 6.07) is 14.8. The maximum atomic E-state index is 3.46. The quantitative estimate of drug-likeness (QED) is 0.896. The molecule has 0 atom stereocenters. The van der Waals surface area contributed by atoms with E-state index in [1.54, 1.807) is 0 Å². The summed E-state index contributed by atoms with van der Waals surface area (Å²) in [6.07, 6.45) is 0. The summed E-state index contributed by atoms with van der Waals surface area (Å²) >= 11 is 3.45. The summed E-state index contributed by atoms with van der Waals surface area (Å²) in [5.74, 6) is 0. The first-order valence-electron chi connectivity index (χ1n) is 6.32. The Morgan fingerprint density at radius 3 is 2.37 bits per heavy atom. The summed E-state index contributed by atoms with van der Waals surface area (Å²) in [5.41, 5.74) is 4.97. The zero-order valence-corrected chi connectivity index (χ0v) is 13.2. The third kappa shape index (κ3) is 3.74. The number of halogens is 1. The minimum absolute atomic E-state index is 0.837. The fourth-order valence-electron chi connectivity index (χ4n) is 2.01. The largest absolute Gasteiger partial charge is 0.381 e. The van der Waals surface area contributed by atoms with Gasteiger partial charge in [-0.15, -0.1) is 0 Å². The van der Waals surface area contributed by atoms with Crippen molar-refractivity contribution in [2.75, 3.05) is 24.3 Å². The van der Waals surface area contributed by atoms with E-state index in [0.29, 0.717) is 0 Å². The van der Waals surface area contributed by atoms with Crippen LogP contribution < -0.4 is 10.2 Å². The lowest BCUT2D eigenvalue weighted by Crippen LogP contribution is -2.10. The summed E-state index contributed by atoms with van der Waals surface area (Å²) in [6.45, 7) is 2.97. The predicted octanol–water partition coefficient (Wildman–Crippen LogP) is 4.44. The van der Waals surface area contributed by atoms with Crippen molar-refractivity contribution < 1.29 is 0 Å². The first-order valence-corrected chi connectivity index (χ1v) is 7.12. The molecule has 0 aliphatic carbocycles. The van der Waals surface area contributed by atoms with Gasteiger partial charge in [-0.3, -0.25) is 0 Å². The third-order valence-electron chi connectivity index (χ3n) is 3.10. The molecule has 0 bridgehead atoms. The summed E-state index contributed by atoms with van der Waals surface area (Å²) < 4.78 is 1.11. The highest BCUT2D eigenvalue weighted by Gasteiger charge is 2.02. The average molecular weight is 319 g/mol. The van der Waals surface area contributed by atoms with E-state index in [1.165, 1.54) is 16.8 Å². The van der Waals surface area contributed by atoms with E-state index < -0.39 is 0 Å². The van der Waals surface area contributed by atoms with Crippen LogP contribution in [0.1, 0.15) is 11.1 Å². The summed E-state index contributed by atoms with van der Waals surface area (Å²) in [4.78, 5) is 2.14. The molecule has 100 valence electrons. The van der Waals surface area contributed by atoms with E-state index in [4.69, 9.17) is 0 Å². The Bertz CT molecular complexity index is 547. The maximum absolute atomic E-state index is 3.46. The molecule has 0 saturated heterocycles. The highest BCUT2D eigenvalue weighted by Crippen LogP contribution is 2.23. The predicted molar refractivity (Wildman–Crippen MR) is 87.0 cm³/mol. The molecule has 2 nitrogen and oxygen atoms in total. The molecular formula is C16H19BrN2. The monoisotopic (exact) mass is 318 g/mol. The van der Waals surface area contributed by atoms with Crippen LogP contribution in [0.4, 0.5) is 11.4 Å². The first-order chi connectivity index (χ1) is 9.06. The van der Waals surface area contributed by atoms with Gasteiger partial charge in [0.1, 0.15) is 0 Å². The summed E-state index contributed by atoms with van der Waals surface area (Å²) in [5, 5.41) is 3.46. The fraction of sp³-hybridized carbons (Fsp3) is 0.250. The molecule has 1 N–H and O–H groups in total. The Morgan fingerprint density at radius 2 is 1.74 bits per heavy atom. The maximum Gasteiger partial charge on any atom is 0.0411 e. The van der Waals surface area contributed by atoms with Gasteiger partial charge in [-0.2, -0.15) is 0 Å². The lowest BCUT2D eigenvalue weighted by molar-refractivity contribution is 1.10. The molecular weight excluding hydrogens is 300 g/mol. The molecule has 0 unspecified atom stereocenters. The second-order valence-corrected chi connectivity index (χ2v) is 5.79. The fourth-order valence-corrected chi connectivity index (χ4v) is 2.27. The third-order valence-corrected chi connectivity index (χ3v) is 3.63. The Morgan fingerprint density at radius 1 is 1.05 bits per heavy atom. The number of nitrogens with one attached hydrogen (secondary N) is 1. The number of anilines is 2. The normalized spacial score (nSPS) is 10.3. The van der Waals surface area contributed by atoms with Gasteiger partial charge in [-0.25, -0.2) is 0 Å². The minimum atomic E-state index is 0.837. The van der Waals surface area contributed by atoms with Crippen LogP contribution in [-0.2, 0) is 6.54 Å². The molecule has 0 fully saturated rings. The van der Waals surface area contributed by atoms with E-state index in [-0.39, 0.29) is 0 Å². The van der Waals surface area contributed by atoms with Crippen molar-refractivity contribution in [3.05, 3.63) is 58.1 Å². The van der Waals surface area contributed by atoms with Crippen molar-refractivity contribution >= 4 is 27.3 Å². The molecule has 0 aliphatic heterocycles. The van der Waals surface area contributed by atoms with Crippen molar-refractivity contribution in [1.29, 1.82) is 0 Å². The number of rotatable bonds is 4. The lowest BCUT2D eigenvalue weighted by atomic mass is 10.1. The number of hydrogen-bond acceptors (Lipinski definition) is 2. The standard InChI is InChI=1S/C16H19BrN2/c1-12-4-9-15(10-16(12)19(2)3)18-11-13-5-7-14(17)8-6-13/h4-10,18H,11H2,1-3H3. The van der Waals surface area contributed by atoms with Crippen LogP contribution >= 0.6 is 15.9 Å². The van der Waals surface area contributed by atoms with Crippen molar-refractivity contribution in [3.63, 3.8) is 0 Å².